The van der Waals surface area contributed by atoms with E-state index in [9.17, 15) is 18.0 Å². The highest BCUT2D eigenvalue weighted by molar-refractivity contribution is 5.77. The minimum Gasteiger partial charge on any atom is -0.454 e. The van der Waals surface area contributed by atoms with E-state index in [2.05, 4.69) is 4.74 Å². The molecule has 1 aliphatic rings. The van der Waals surface area contributed by atoms with Crippen LogP contribution in [0.1, 0.15) is 16.7 Å². The Kier molecular flexibility index (Phi) is 3.20. The van der Waals surface area contributed by atoms with Crippen molar-refractivity contribution in [2.45, 2.75) is 19.2 Å². The van der Waals surface area contributed by atoms with Crippen LogP contribution in [0, 0.1) is 0 Å². The molecular formula is C16H11F3O2. The van der Waals surface area contributed by atoms with Crippen molar-refractivity contribution in [3.8, 4) is 11.1 Å². The largest absolute Gasteiger partial charge is 0.490 e. The van der Waals surface area contributed by atoms with Crippen LogP contribution in [0.4, 0.5) is 13.2 Å². The third-order valence-electron chi connectivity index (χ3n) is 3.46. The Morgan fingerprint density at radius 3 is 2.52 bits per heavy atom. The van der Waals surface area contributed by atoms with Crippen LogP contribution < -0.4 is 0 Å². The molecule has 21 heavy (non-hydrogen) atoms. The third-order valence-corrected chi connectivity index (χ3v) is 3.46. The van der Waals surface area contributed by atoms with Crippen molar-refractivity contribution in [2.24, 2.45) is 0 Å². The van der Waals surface area contributed by atoms with E-state index >= 15 is 0 Å². The fourth-order valence-corrected chi connectivity index (χ4v) is 2.52. The number of esters is 1. The van der Waals surface area contributed by atoms with Gasteiger partial charge in [0.15, 0.2) is 0 Å². The van der Waals surface area contributed by atoms with E-state index in [4.69, 9.17) is 0 Å². The van der Waals surface area contributed by atoms with Crippen LogP contribution in [0.3, 0.4) is 0 Å². The smallest absolute Gasteiger partial charge is 0.454 e. The Labute approximate surface area is 119 Å². The maximum absolute atomic E-state index is 12.1. The van der Waals surface area contributed by atoms with Crippen LogP contribution in [-0.4, -0.2) is 12.1 Å². The first-order chi connectivity index (χ1) is 9.95. The summed E-state index contributed by atoms with van der Waals surface area (Å²) in [7, 11) is 0. The standard InChI is InChI=1S/C16H11F3O2/c17-16(18,19)15(20)21-9-10-5-6-14-12(7-10)8-11-3-1-2-4-13(11)14/h1-7H,8-9H2. The lowest BCUT2D eigenvalue weighted by Crippen LogP contribution is -2.25. The maximum Gasteiger partial charge on any atom is 0.490 e. The molecule has 0 saturated carbocycles. The average Bonchev–Trinajstić information content (AvgIpc) is 2.81. The Hall–Kier alpha value is -2.30. The zero-order valence-corrected chi connectivity index (χ0v) is 10.9. The van der Waals surface area contributed by atoms with Gasteiger partial charge in [-0.05, 0) is 34.2 Å². The molecule has 1 aliphatic carbocycles. The molecule has 2 nitrogen and oxygen atoms in total. The van der Waals surface area contributed by atoms with Crippen LogP contribution in [0.2, 0.25) is 0 Å². The quantitative estimate of drug-likeness (QED) is 0.670. The van der Waals surface area contributed by atoms with Gasteiger partial charge in [-0.2, -0.15) is 13.2 Å². The Morgan fingerprint density at radius 1 is 1.05 bits per heavy atom. The summed E-state index contributed by atoms with van der Waals surface area (Å²) in [4.78, 5) is 10.7. The average molecular weight is 292 g/mol. The number of hydrogen-bond acceptors (Lipinski definition) is 2. The number of rotatable bonds is 2. The summed E-state index contributed by atoms with van der Waals surface area (Å²) in [5.41, 5.74) is 5.01. The van der Waals surface area contributed by atoms with E-state index in [0.717, 1.165) is 23.1 Å². The second-order valence-electron chi connectivity index (χ2n) is 4.90. The number of alkyl halides is 3. The summed E-state index contributed by atoms with van der Waals surface area (Å²) in [6, 6.07) is 13.3. The fraction of sp³-hybridized carbons (Fsp3) is 0.188. The Balaban J connectivity index is 1.77. The van der Waals surface area contributed by atoms with Crippen molar-refractivity contribution < 1.29 is 22.7 Å². The summed E-state index contributed by atoms with van der Waals surface area (Å²) >= 11 is 0. The third kappa shape index (κ3) is 2.63. The molecule has 0 saturated heterocycles. The molecule has 0 bridgehead atoms. The molecule has 5 heteroatoms. The van der Waals surface area contributed by atoms with E-state index in [1.165, 1.54) is 5.56 Å². The monoisotopic (exact) mass is 292 g/mol. The molecule has 0 atom stereocenters. The predicted molar refractivity (Wildman–Crippen MR) is 70.5 cm³/mol. The molecule has 0 fully saturated rings. The summed E-state index contributed by atoms with van der Waals surface area (Å²) < 4.78 is 40.5. The first kappa shape index (κ1) is 13.7. The van der Waals surface area contributed by atoms with Gasteiger partial charge >= 0.3 is 12.1 Å². The number of carbonyl (C=O) groups is 1. The van der Waals surface area contributed by atoms with Gasteiger partial charge in [0.25, 0.3) is 0 Å². The lowest BCUT2D eigenvalue weighted by molar-refractivity contribution is -0.201. The number of fused-ring (bicyclic) bond motifs is 3. The van der Waals surface area contributed by atoms with Crippen molar-refractivity contribution in [3.05, 3.63) is 59.2 Å². The second-order valence-corrected chi connectivity index (χ2v) is 4.90. The minimum atomic E-state index is -4.95. The van der Waals surface area contributed by atoms with Crippen molar-refractivity contribution in [1.82, 2.24) is 0 Å². The fourth-order valence-electron chi connectivity index (χ4n) is 2.52. The van der Waals surface area contributed by atoms with Gasteiger partial charge < -0.3 is 4.74 Å². The molecule has 0 unspecified atom stereocenters. The van der Waals surface area contributed by atoms with Crippen molar-refractivity contribution in [1.29, 1.82) is 0 Å². The van der Waals surface area contributed by atoms with Gasteiger partial charge in [0, 0.05) is 0 Å². The van der Waals surface area contributed by atoms with Gasteiger partial charge in [-0.15, -0.1) is 0 Å². The van der Waals surface area contributed by atoms with Crippen LogP contribution in [0.25, 0.3) is 11.1 Å². The highest BCUT2D eigenvalue weighted by Crippen LogP contribution is 2.36. The normalized spacial score (nSPS) is 12.7. The lowest BCUT2D eigenvalue weighted by Gasteiger charge is -2.08. The lowest BCUT2D eigenvalue weighted by atomic mass is 10.0. The molecule has 2 aromatic carbocycles. The van der Waals surface area contributed by atoms with E-state index < -0.39 is 12.1 Å². The molecule has 2 aromatic rings. The van der Waals surface area contributed by atoms with E-state index in [0.29, 0.717) is 5.56 Å². The Morgan fingerprint density at radius 2 is 1.76 bits per heavy atom. The number of halogens is 3. The highest BCUT2D eigenvalue weighted by Gasteiger charge is 2.40. The molecule has 3 rings (SSSR count). The van der Waals surface area contributed by atoms with Crippen LogP contribution >= 0.6 is 0 Å². The van der Waals surface area contributed by atoms with Gasteiger partial charge in [0.05, 0.1) is 0 Å². The summed E-state index contributed by atoms with van der Waals surface area (Å²) in [6.45, 7) is -0.373. The molecule has 0 aromatic heterocycles. The van der Waals surface area contributed by atoms with Crippen LogP contribution in [0.5, 0.6) is 0 Å². The SMILES string of the molecule is O=C(OCc1ccc2c(c1)Cc1ccccc1-2)C(F)(F)F. The van der Waals surface area contributed by atoms with Gasteiger partial charge in [-0.1, -0.05) is 42.5 Å². The molecule has 0 radical (unpaired) electrons. The predicted octanol–water partition coefficient (Wildman–Crippen LogP) is 3.86. The number of ether oxygens (including phenoxy) is 1. The molecule has 0 aliphatic heterocycles. The number of hydrogen-bond donors (Lipinski definition) is 0. The van der Waals surface area contributed by atoms with E-state index in [1.54, 1.807) is 12.1 Å². The minimum absolute atomic E-state index is 0.373. The van der Waals surface area contributed by atoms with Gasteiger partial charge in [0.1, 0.15) is 6.61 Å². The van der Waals surface area contributed by atoms with Crippen molar-refractivity contribution in [2.75, 3.05) is 0 Å². The molecule has 0 spiro atoms. The first-order valence-corrected chi connectivity index (χ1v) is 6.39. The molecule has 0 heterocycles. The topological polar surface area (TPSA) is 26.3 Å². The molecule has 0 amide bonds. The number of carbonyl (C=O) groups excluding carboxylic acids is 1. The summed E-state index contributed by atoms with van der Waals surface area (Å²) in [6.07, 6.45) is -4.21. The van der Waals surface area contributed by atoms with Crippen molar-refractivity contribution >= 4 is 5.97 Å². The van der Waals surface area contributed by atoms with Crippen molar-refractivity contribution in [3.63, 3.8) is 0 Å². The van der Waals surface area contributed by atoms with Gasteiger partial charge in [0.2, 0.25) is 0 Å². The Bertz CT molecular complexity index is 705. The second kappa shape index (κ2) is 4.91. The summed E-state index contributed by atoms with van der Waals surface area (Å²) in [5, 5.41) is 0. The molecule has 108 valence electrons. The van der Waals surface area contributed by atoms with Crippen LogP contribution in [-0.2, 0) is 22.6 Å². The van der Waals surface area contributed by atoms with E-state index in [1.807, 2.05) is 30.3 Å². The number of benzene rings is 2. The maximum atomic E-state index is 12.1. The van der Waals surface area contributed by atoms with Crippen LogP contribution in [0.15, 0.2) is 42.5 Å². The van der Waals surface area contributed by atoms with Gasteiger partial charge in [-0.3, -0.25) is 0 Å². The first-order valence-electron chi connectivity index (χ1n) is 6.39. The highest BCUT2D eigenvalue weighted by atomic mass is 19.4. The summed E-state index contributed by atoms with van der Waals surface area (Å²) in [5.74, 6) is -2.16. The zero-order chi connectivity index (χ0) is 15.0. The molecule has 0 N–H and O–H groups in total. The van der Waals surface area contributed by atoms with E-state index in [-0.39, 0.29) is 6.61 Å². The zero-order valence-electron chi connectivity index (χ0n) is 10.9. The molecular weight excluding hydrogens is 281 g/mol. The van der Waals surface area contributed by atoms with Gasteiger partial charge in [-0.25, -0.2) is 4.79 Å².